The van der Waals surface area contributed by atoms with E-state index in [4.69, 9.17) is 9.84 Å². The molecule has 0 aliphatic heterocycles. The van der Waals surface area contributed by atoms with Gasteiger partial charge in [-0.05, 0) is 46.2 Å². The maximum Gasteiger partial charge on any atom is 0.416 e. The third-order valence-electron chi connectivity index (χ3n) is 2.47. The summed E-state index contributed by atoms with van der Waals surface area (Å²) in [4.78, 5) is 20.8. The lowest BCUT2D eigenvalue weighted by Gasteiger charge is -2.19. The lowest BCUT2D eigenvalue weighted by molar-refractivity contribution is -0.138. The van der Waals surface area contributed by atoms with Gasteiger partial charge < -0.3 is 15.2 Å². The number of carboxylic acids is 1. The van der Waals surface area contributed by atoms with Gasteiger partial charge in [-0.2, -0.15) is 13.2 Å². The standard InChI is InChI=1S/C9H9F3.C7H13NO4.2C2H6/c1-6-3-4-8(7(2)5-6)9(10,11)12;1-7(2,3)12-6(11)8-4-5(9)10;2*1-2/h3-5H,1-2H3;4H2,1-3H3,(H,8,11)(H,9,10);2*1-2H3. The number of benzene rings is 1. The fourth-order valence-electron chi connectivity index (χ4n) is 1.59. The maximum absolute atomic E-state index is 12.2. The molecule has 1 amide bonds. The molecule has 1 rings (SSSR count). The zero-order chi connectivity index (χ0) is 23.1. The molecule has 8 heteroatoms. The Kier molecular flexibility index (Phi) is 16.1. The highest BCUT2D eigenvalue weighted by Crippen LogP contribution is 2.31. The van der Waals surface area contributed by atoms with Crippen molar-refractivity contribution in [3.05, 3.63) is 34.9 Å². The molecule has 0 radical (unpaired) electrons. The van der Waals surface area contributed by atoms with Crippen LogP contribution in [0.2, 0.25) is 0 Å². The highest BCUT2D eigenvalue weighted by molar-refractivity contribution is 5.76. The zero-order valence-corrected chi connectivity index (χ0v) is 18.2. The van der Waals surface area contributed by atoms with Crippen molar-refractivity contribution in [3.8, 4) is 0 Å². The van der Waals surface area contributed by atoms with E-state index < -0.39 is 35.9 Å². The molecule has 0 bridgehead atoms. The van der Waals surface area contributed by atoms with Crippen LogP contribution < -0.4 is 5.32 Å². The molecule has 1 aromatic rings. The van der Waals surface area contributed by atoms with Gasteiger partial charge in [0.1, 0.15) is 12.1 Å². The van der Waals surface area contributed by atoms with Crippen molar-refractivity contribution in [2.24, 2.45) is 0 Å². The second kappa shape index (κ2) is 14.8. The Bertz CT molecular complexity index is 580. The van der Waals surface area contributed by atoms with Gasteiger partial charge in [-0.15, -0.1) is 0 Å². The van der Waals surface area contributed by atoms with E-state index in [1.165, 1.54) is 19.1 Å². The number of rotatable bonds is 2. The summed E-state index contributed by atoms with van der Waals surface area (Å²) in [5, 5.41) is 10.3. The van der Waals surface area contributed by atoms with E-state index in [9.17, 15) is 22.8 Å². The van der Waals surface area contributed by atoms with Gasteiger partial charge in [0.2, 0.25) is 0 Å². The Balaban J connectivity index is -0.000000379. The molecule has 28 heavy (non-hydrogen) atoms. The van der Waals surface area contributed by atoms with Gasteiger partial charge >= 0.3 is 18.2 Å². The maximum atomic E-state index is 12.2. The summed E-state index contributed by atoms with van der Waals surface area (Å²) in [6.07, 6.45) is -4.94. The van der Waals surface area contributed by atoms with Crippen LogP contribution in [0.5, 0.6) is 0 Å². The normalized spacial score (nSPS) is 10.0. The Morgan fingerprint density at radius 2 is 1.50 bits per heavy atom. The first-order chi connectivity index (χ1) is 12.7. The van der Waals surface area contributed by atoms with Gasteiger partial charge in [0.05, 0.1) is 5.56 Å². The molecule has 0 saturated carbocycles. The molecule has 0 saturated heterocycles. The number of aliphatic carboxylic acids is 1. The first kappa shape index (κ1) is 30.5. The van der Waals surface area contributed by atoms with Gasteiger partial charge in [0.25, 0.3) is 0 Å². The number of carboxylic acid groups (broad SMARTS) is 1. The topological polar surface area (TPSA) is 75.6 Å². The van der Waals surface area contributed by atoms with Crippen molar-refractivity contribution in [1.29, 1.82) is 0 Å². The second-order valence-electron chi connectivity index (χ2n) is 6.07. The third-order valence-corrected chi connectivity index (χ3v) is 2.47. The molecule has 0 heterocycles. The number of carbonyl (C=O) groups is 2. The fraction of sp³-hybridized carbons (Fsp3) is 0.600. The van der Waals surface area contributed by atoms with Gasteiger partial charge in [-0.3, -0.25) is 4.79 Å². The summed E-state index contributed by atoms with van der Waals surface area (Å²) in [6, 6.07) is 4.11. The number of halogens is 3. The van der Waals surface area contributed by atoms with E-state index >= 15 is 0 Å². The Morgan fingerprint density at radius 1 is 1.04 bits per heavy atom. The quantitative estimate of drug-likeness (QED) is 0.631. The molecule has 0 fully saturated rings. The van der Waals surface area contributed by atoms with Gasteiger partial charge in [0.15, 0.2) is 0 Å². The summed E-state index contributed by atoms with van der Waals surface area (Å²) in [6.45, 7) is 15.9. The Hall–Kier alpha value is -2.25. The predicted octanol–water partition coefficient (Wildman–Crippen LogP) is 5.97. The minimum Gasteiger partial charge on any atom is -0.480 e. The number of alkyl carbamates (subject to hydrolysis) is 1. The summed E-state index contributed by atoms with van der Waals surface area (Å²) >= 11 is 0. The Morgan fingerprint density at radius 3 is 1.82 bits per heavy atom. The summed E-state index contributed by atoms with van der Waals surface area (Å²) in [5.74, 6) is -1.10. The number of hydrogen-bond donors (Lipinski definition) is 2. The molecular weight excluding hydrogens is 375 g/mol. The van der Waals surface area contributed by atoms with Crippen LogP contribution in [0.3, 0.4) is 0 Å². The number of aryl methyl sites for hydroxylation is 2. The Labute approximate surface area is 166 Å². The monoisotopic (exact) mass is 409 g/mol. The smallest absolute Gasteiger partial charge is 0.416 e. The van der Waals surface area contributed by atoms with Crippen molar-refractivity contribution >= 4 is 12.1 Å². The fourth-order valence-corrected chi connectivity index (χ4v) is 1.59. The van der Waals surface area contributed by atoms with E-state index in [1.54, 1.807) is 27.7 Å². The first-order valence-electron chi connectivity index (χ1n) is 9.05. The van der Waals surface area contributed by atoms with Crippen molar-refractivity contribution in [1.82, 2.24) is 5.32 Å². The molecule has 0 unspecified atom stereocenters. The van der Waals surface area contributed by atoms with Crippen molar-refractivity contribution < 1.29 is 32.6 Å². The largest absolute Gasteiger partial charge is 0.480 e. The van der Waals surface area contributed by atoms with Crippen molar-refractivity contribution in [2.75, 3.05) is 6.54 Å². The van der Waals surface area contributed by atoms with Gasteiger partial charge in [0, 0.05) is 0 Å². The van der Waals surface area contributed by atoms with E-state index in [1.807, 2.05) is 27.7 Å². The molecule has 0 atom stereocenters. The molecule has 164 valence electrons. The predicted molar refractivity (Wildman–Crippen MR) is 105 cm³/mol. The minimum atomic E-state index is -4.22. The van der Waals surface area contributed by atoms with Crippen LogP contribution in [0.4, 0.5) is 18.0 Å². The zero-order valence-electron chi connectivity index (χ0n) is 18.2. The summed E-state index contributed by atoms with van der Waals surface area (Å²) < 4.78 is 41.3. The van der Waals surface area contributed by atoms with Gasteiger partial charge in [-0.1, -0.05) is 45.4 Å². The number of nitrogens with one attached hydrogen (secondary N) is 1. The molecular formula is C20H34F3NO4. The van der Waals surface area contributed by atoms with Crippen LogP contribution in [0.25, 0.3) is 0 Å². The van der Waals surface area contributed by atoms with Crippen LogP contribution in [-0.4, -0.2) is 29.3 Å². The third kappa shape index (κ3) is 17.2. The van der Waals surface area contributed by atoms with E-state index in [2.05, 4.69) is 5.32 Å². The minimum absolute atomic E-state index is 0.280. The molecule has 0 spiro atoms. The van der Waals surface area contributed by atoms with E-state index in [0.717, 1.165) is 11.6 Å². The lowest BCUT2D eigenvalue weighted by Crippen LogP contribution is -2.35. The van der Waals surface area contributed by atoms with Crippen LogP contribution in [-0.2, 0) is 15.7 Å². The number of ether oxygens (including phenoxy) is 1. The summed E-state index contributed by atoms with van der Waals surface area (Å²) in [5.41, 5.74) is -0.0149. The second-order valence-corrected chi connectivity index (χ2v) is 6.07. The molecule has 0 aliphatic rings. The number of carbonyl (C=O) groups excluding carboxylic acids is 1. The van der Waals surface area contributed by atoms with Crippen molar-refractivity contribution in [3.63, 3.8) is 0 Å². The van der Waals surface area contributed by atoms with Crippen molar-refractivity contribution in [2.45, 2.75) is 74.1 Å². The van der Waals surface area contributed by atoms with E-state index in [0.29, 0.717) is 0 Å². The highest BCUT2D eigenvalue weighted by atomic mass is 19.4. The first-order valence-corrected chi connectivity index (χ1v) is 9.05. The van der Waals surface area contributed by atoms with Crippen LogP contribution in [0.1, 0.15) is 65.2 Å². The molecule has 1 aromatic carbocycles. The highest BCUT2D eigenvalue weighted by Gasteiger charge is 2.31. The number of alkyl halides is 3. The SMILES string of the molecule is CC.CC.CC(C)(C)OC(=O)NCC(=O)O.Cc1ccc(C(F)(F)F)c(C)c1. The van der Waals surface area contributed by atoms with Gasteiger partial charge in [-0.25, -0.2) is 4.79 Å². The van der Waals surface area contributed by atoms with Crippen LogP contribution in [0.15, 0.2) is 18.2 Å². The average molecular weight is 409 g/mol. The van der Waals surface area contributed by atoms with E-state index in [-0.39, 0.29) is 5.56 Å². The molecule has 0 aliphatic carbocycles. The summed E-state index contributed by atoms with van der Waals surface area (Å²) in [7, 11) is 0. The average Bonchev–Trinajstić information content (AvgIpc) is 2.54. The molecule has 2 N–H and O–H groups in total. The number of amides is 1. The lowest BCUT2D eigenvalue weighted by atomic mass is 10.1. The van der Waals surface area contributed by atoms with Crippen LogP contribution >= 0.6 is 0 Å². The van der Waals surface area contributed by atoms with Crippen LogP contribution in [0, 0.1) is 13.8 Å². The number of hydrogen-bond acceptors (Lipinski definition) is 3. The molecule has 0 aromatic heterocycles. The molecule has 5 nitrogen and oxygen atoms in total.